The van der Waals surface area contributed by atoms with Gasteiger partial charge in [-0.15, -0.1) is 0 Å². The molecule has 2 atom stereocenters. The van der Waals surface area contributed by atoms with Gasteiger partial charge >= 0.3 is 29.8 Å². The van der Waals surface area contributed by atoms with Crippen molar-refractivity contribution in [2.24, 2.45) is 0 Å². The van der Waals surface area contributed by atoms with Gasteiger partial charge in [0.15, 0.2) is 23.0 Å². The smallest absolute Gasteiger partial charge is 0.349 e. The second-order valence-corrected chi connectivity index (χ2v) is 8.64. The van der Waals surface area contributed by atoms with Crippen molar-refractivity contribution in [3.8, 4) is 23.0 Å². The molecular weight excluding hydrogens is 584 g/mol. The summed E-state index contributed by atoms with van der Waals surface area (Å²) >= 11 is 0. The van der Waals surface area contributed by atoms with Crippen LogP contribution in [0.2, 0.25) is 0 Å². The van der Waals surface area contributed by atoms with Gasteiger partial charge in [0.1, 0.15) is 0 Å². The third-order valence-electron chi connectivity index (χ3n) is 5.48. The highest BCUT2D eigenvalue weighted by Crippen LogP contribution is 2.30. The van der Waals surface area contributed by atoms with Gasteiger partial charge < -0.3 is 38.8 Å². The van der Waals surface area contributed by atoms with Crippen LogP contribution in [-0.4, -0.2) is 72.3 Å². The Morgan fingerprint density at radius 1 is 0.727 bits per heavy atom. The fourth-order valence-corrected chi connectivity index (χ4v) is 3.58. The first-order chi connectivity index (χ1) is 20.9. The minimum Gasteiger partial charge on any atom is -0.493 e. The number of anilines is 1. The molecule has 2 aromatic carbocycles. The molecule has 3 rings (SSSR count). The number of nitrogens with zero attached hydrogens (tertiary/aromatic N) is 1. The molecule has 3 aromatic rings. The Labute approximate surface area is 249 Å². The fraction of sp³-hybridized carbons (Fsp3) is 0.207. The summed E-state index contributed by atoms with van der Waals surface area (Å²) in [6.45, 7) is 2.31. The van der Waals surface area contributed by atoms with Crippen LogP contribution in [0, 0.1) is 0 Å². The molecule has 0 bridgehead atoms. The van der Waals surface area contributed by atoms with Gasteiger partial charge in [-0.05, 0) is 48.5 Å². The fourth-order valence-electron chi connectivity index (χ4n) is 3.58. The predicted molar refractivity (Wildman–Crippen MR) is 148 cm³/mol. The van der Waals surface area contributed by atoms with E-state index in [1.807, 2.05) is 0 Å². The van der Waals surface area contributed by atoms with Gasteiger partial charge in [-0.3, -0.25) is 19.4 Å². The molecule has 1 heterocycles. The first kappa shape index (κ1) is 32.5. The van der Waals surface area contributed by atoms with Crippen molar-refractivity contribution in [1.29, 1.82) is 0 Å². The van der Waals surface area contributed by atoms with Crippen molar-refractivity contribution in [3.05, 3.63) is 72.1 Å². The topological polar surface area (TPSA) is 203 Å². The first-order valence-corrected chi connectivity index (χ1v) is 12.5. The highest BCUT2D eigenvalue weighted by Gasteiger charge is 2.41. The molecule has 0 fully saturated rings. The SMILES string of the molecule is COc1cc(C(=O)O[C@@H](C(=O)O)[C@@H](OC(=O)c2ccc(OC(C)=O)c(OC)c2)C(=O)Nc2cccnc2)ccc1OC(C)=O. The zero-order valence-corrected chi connectivity index (χ0v) is 23.7. The van der Waals surface area contributed by atoms with Gasteiger partial charge in [-0.2, -0.15) is 0 Å². The van der Waals surface area contributed by atoms with Crippen LogP contribution in [0.3, 0.4) is 0 Å². The van der Waals surface area contributed by atoms with Crippen LogP contribution in [0.1, 0.15) is 34.6 Å². The van der Waals surface area contributed by atoms with Crippen molar-refractivity contribution in [2.75, 3.05) is 19.5 Å². The maximum absolute atomic E-state index is 13.3. The van der Waals surface area contributed by atoms with E-state index in [1.165, 1.54) is 56.9 Å². The number of amides is 1. The second kappa shape index (κ2) is 14.8. The molecule has 15 nitrogen and oxygen atoms in total. The minimum atomic E-state index is -2.36. The number of methoxy groups -OCH3 is 2. The van der Waals surface area contributed by atoms with Crippen LogP contribution in [-0.2, 0) is 28.7 Å². The van der Waals surface area contributed by atoms with Crippen LogP contribution in [0.15, 0.2) is 60.9 Å². The Bertz CT molecular complexity index is 1570. The summed E-state index contributed by atoms with van der Waals surface area (Å²) in [4.78, 5) is 78.3. The maximum atomic E-state index is 13.3. The van der Waals surface area contributed by atoms with E-state index in [0.717, 1.165) is 32.0 Å². The van der Waals surface area contributed by atoms with Crippen molar-refractivity contribution in [3.63, 3.8) is 0 Å². The number of aromatic nitrogens is 1. The highest BCUT2D eigenvalue weighted by atomic mass is 16.6. The zero-order chi connectivity index (χ0) is 32.4. The average Bonchev–Trinajstić information content (AvgIpc) is 2.98. The Hall–Kier alpha value is -5.99. The summed E-state index contributed by atoms with van der Waals surface area (Å²) in [6, 6.07) is 9.95. The number of ether oxygens (including phenoxy) is 6. The number of aliphatic carboxylic acids is 1. The van der Waals surface area contributed by atoms with Crippen molar-refractivity contribution >= 4 is 41.4 Å². The molecule has 0 radical (unpaired) electrons. The molecule has 1 aromatic heterocycles. The monoisotopic (exact) mass is 610 g/mol. The molecule has 15 heteroatoms. The van der Waals surface area contributed by atoms with E-state index in [-0.39, 0.29) is 39.8 Å². The quantitative estimate of drug-likeness (QED) is 0.223. The third-order valence-corrected chi connectivity index (χ3v) is 5.48. The average molecular weight is 611 g/mol. The van der Waals surface area contributed by atoms with Gasteiger partial charge in [0.2, 0.25) is 12.2 Å². The molecule has 0 aliphatic rings. The van der Waals surface area contributed by atoms with Gasteiger partial charge in [0.05, 0.1) is 37.2 Å². The summed E-state index contributed by atoms with van der Waals surface area (Å²) < 4.78 is 30.7. The van der Waals surface area contributed by atoms with E-state index in [9.17, 15) is 33.9 Å². The molecule has 0 aliphatic heterocycles. The van der Waals surface area contributed by atoms with Gasteiger partial charge in [0, 0.05) is 20.0 Å². The lowest BCUT2D eigenvalue weighted by molar-refractivity contribution is -0.157. The normalized spacial score (nSPS) is 11.6. The van der Waals surface area contributed by atoms with Gasteiger partial charge in [-0.1, -0.05) is 0 Å². The minimum absolute atomic E-state index is 0.0186. The molecule has 0 aliphatic carbocycles. The van der Waals surface area contributed by atoms with Crippen molar-refractivity contribution in [1.82, 2.24) is 4.98 Å². The number of rotatable bonds is 12. The second-order valence-electron chi connectivity index (χ2n) is 8.64. The van der Waals surface area contributed by atoms with Crippen molar-refractivity contribution < 1.29 is 62.3 Å². The summed E-state index contributed by atoms with van der Waals surface area (Å²) in [6.07, 6.45) is -1.92. The van der Waals surface area contributed by atoms with E-state index in [1.54, 1.807) is 0 Å². The number of carboxylic acid groups (broad SMARTS) is 1. The number of carboxylic acids is 1. The number of hydrogen-bond acceptors (Lipinski definition) is 13. The molecule has 0 spiro atoms. The molecule has 0 unspecified atom stereocenters. The Morgan fingerprint density at radius 3 is 1.64 bits per heavy atom. The Balaban J connectivity index is 1.95. The number of benzene rings is 2. The number of hydrogen-bond donors (Lipinski definition) is 2. The van der Waals surface area contributed by atoms with E-state index < -0.39 is 48.0 Å². The number of nitrogens with one attached hydrogen (secondary N) is 1. The van der Waals surface area contributed by atoms with Gasteiger partial charge in [-0.25, -0.2) is 14.4 Å². The molecule has 2 N–H and O–H groups in total. The van der Waals surface area contributed by atoms with Gasteiger partial charge in [0.25, 0.3) is 5.91 Å². The van der Waals surface area contributed by atoms with Crippen LogP contribution >= 0.6 is 0 Å². The highest BCUT2D eigenvalue weighted by molar-refractivity contribution is 6.01. The number of carbonyl (C=O) groups excluding carboxylic acids is 5. The lowest BCUT2D eigenvalue weighted by Crippen LogP contribution is -2.48. The lowest BCUT2D eigenvalue weighted by atomic mass is 10.1. The molecule has 1 amide bonds. The molecule has 44 heavy (non-hydrogen) atoms. The van der Waals surface area contributed by atoms with E-state index in [2.05, 4.69) is 10.3 Å². The van der Waals surface area contributed by atoms with Crippen LogP contribution < -0.4 is 24.3 Å². The lowest BCUT2D eigenvalue weighted by Gasteiger charge is -2.23. The largest absolute Gasteiger partial charge is 0.493 e. The molecule has 230 valence electrons. The summed E-state index contributed by atoms with van der Waals surface area (Å²) in [5.41, 5.74) is -0.349. The van der Waals surface area contributed by atoms with Crippen LogP contribution in [0.4, 0.5) is 5.69 Å². The standard InChI is InChI=1S/C29H26N2O13/c1-15(32)41-20-9-7-17(12-22(20)39-3)28(37)43-24(26(34)31-19-6-5-11-30-14-19)25(27(35)36)44-29(38)18-8-10-21(42-16(2)33)23(13-18)40-4/h5-14,24-25H,1-4H3,(H,31,34)(H,35,36)/t24-,25-/m1/s1. The molecular formula is C29H26N2O13. The predicted octanol–water partition coefficient (Wildman–Crippen LogP) is 2.42. The Morgan fingerprint density at radius 2 is 1.23 bits per heavy atom. The Kier molecular flexibility index (Phi) is 10.9. The molecule has 0 saturated heterocycles. The summed E-state index contributed by atoms with van der Waals surface area (Å²) in [5, 5.41) is 12.3. The van der Waals surface area contributed by atoms with Crippen LogP contribution in [0.25, 0.3) is 0 Å². The first-order valence-electron chi connectivity index (χ1n) is 12.5. The summed E-state index contributed by atoms with van der Waals surface area (Å²) in [5.74, 6) is -6.90. The molecule has 0 saturated carbocycles. The summed E-state index contributed by atoms with van der Waals surface area (Å²) in [7, 11) is 2.48. The number of esters is 4. The van der Waals surface area contributed by atoms with Crippen LogP contribution in [0.5, 0.6) is 23.0 Å². The van der Waals surface area contributed by atoms with E-state index in [0.29, 0.717) is 0 Å². The van der Waals surface area contributed by atoms with E-state index >= 15 is 0 Å². The zero-order valence-electron chi connectivity index (χ0n) is 23.7. The number of pyridine rings is 1. The van der Waals surface area contributed by atoms with E-state index in [4.69, 9.17) is 28.4 Å². The number of carbonyl (C=O) groups is 6. The van der Waals surface area contributed by atoms with Crippen molar-refractivity contribution in [2.45, 2.75) is 26.1 Å². The third kappa shape index (κ3) is 8.51. The maximum Gasteiger partial charge on any atom is 0.349 e.